The minimum atomic E-state index is -0.245. The van der Waals surface area contributed by atoms with Crippen molar-refractivity contribution in [2.75, 3.05) is 0 Å². The van der Waals surface area contributed by atoms with Crippen molar-refractivity contribution in [3.8, 4) is 0 Å². The second-order valence-electron chi connectivity index (χ2n) is 4.49. The zero-order valence-corrected chi connectivity index (χ0v) is 9.71. The summed E-state index contributed by atoms with van der Waals surface area (Å²) in [7, 11) is 0. The van der Waals surface area contributed by atoms with E-state index in [1.54, 1.807) is 0 Å². The summed E-state index contributed by atoms with van der Waals surface area (Å²) in [5, 5.41) is 9.95. The van der Waals surface area contributed by atoms with Crippen LogP contribution in [0.4, 0.5) is 0 Å². The summed E-state index contributed by atoms with van der Waals surface area (Å²) in [6.07, 6.45) is 8.95. The van der Waals surface area contributed by atoms with E-state index in [1.165, 1.54) is 11.1 Å². The topological polar surface area (TPSA) is 20.2 Å². The normalized spacial score (nSPS) is 25.9. The van der Waals surface area contributed by atoms with Crippen LogP contribution in [-0.4, -0.2) is 11.2 Å². The molecule has 0 radical (unpaired) electrons. The van der Waals surface area contributed by atoms with Crippen molar-refractivity contribution in [3.63, 3.8) is 0 Å². The van der Waals surface area contributed by atoms with Crippen LogP contribution in [0.15, 0.2) is 36.5 Å². The van der Waals surface area contributed by atoms with Crippen LogP contribution in [0.2, 0.25) is 0 Å². The fourth-order valence-corrected chi connectivity index (χ4v) is 2.07. The number of rotatable bonds is 5. The number of unbranched alkanes of at least 4 members (excludes halogenated alkanes) is 1. The van der Waals surface area contributed by atoms with Crippen LogP contribution >= 0.6 is 0 Å². The van der Waals surface area contributed by atoms with Gasteiger partial charge in [-0.2, -0.15) is 0 Å². The summed E-state index contributed by atoms with van der Waals surface area (Å²) >= 11 is 0. The molecule has 0 fully saturated rings. The SMILES string of the molecule is C=CCCCC1=CC[C@@H](C(=C)C)C[C@@H]1O. The average Bonchev–Trinajstić information content (AvgIpc) is 2.20. The number of allylic oxidation sites excluding steroid dienone is 3. The third-order valence-electron chi connectivity index (χ3n) is 3.17. The highest BCUT2D eigenvalue weighted by atomic mass is 16.3. The summed E-state index contributed by atoms with van der Waals surface area (Å²) < 4.78 is 0. The third kappa shape index (κ3) is 3.67. The fraction of sp³-hybridized carbons (Fsp3) is 0.571. The molecule has 0 saturated heterocycles. The molecule has 0 unspecified atom stereocenters. The number of hydrogen-bond acceptors (Lipinski definition) is 1. The maximum absolute atomic E-state index is 9.95. The molecule has 0 aromatic rings. The Bertz CT molecular complexity index is 263. The Hall–Kier alpha value is -0.820. The molecule has 0 saturated carbocycles. The maximum Gasteiger partial charge on any atom is 0.0755 e. The highest BCUT2D eigenvalue weighted by Crippen LogP contribution is 2.30. The highest BCUT2D eigenvalue weighted by molar-refractivity contribution is 5.16. The van der Waals surface area contributed by atoms with E-state index in [1.807, 2.05) is 13.0 Å². The molecule has 1 aliphatic carbocycles. The van der Waals surface area contributed by atoms with Crippen LogP contribution in [0.25, 0.3) is 0 Å². The first-order valence-electron chi connectivity index (χ1n) is 5.78. The second kappa shape index (κ2) is 5.92. The van der Waals surface area contributed by atoms with E-state index < -0.39 is 0 Å². The van der Waals surface area contributed by atoms with E-state index in [0.717, 1.165) is 32.1 Å². The van der Waals surface area contributed by atoms with Crippen LogP contribution in [0.3, 0.4) is 0 Å². The van der Waals surface area contributed by atoms with Crippen LogP contribution in [0.5, 0.6) is 0 Å². The maximum atomic E-state index is 9.95. The van der Waals surface area contributed by atoms with E-state index in [4.69, 9.17) is 0 Å². The number of aliphatic hydroxyl groups is 1. The molecule has 84 valence electrons. The van der Waals surface area contributed by atoms with Gasteiger partial charge in [0.15, 0.2) is 0 Å². The zero-order valence-electron chi connectivity index (χ0n) is 9.71. The molecule has 0 bridgehead atoms. The minimum Gasteiger partial charge on any atom is -0.389 e. The van der Waals surface area contributed by atoms with E-state index in [0.29, 0.717) is 5.92 Å². The molecule has 15 heavy (non-hydrogen) atoms. The van der Waals surface area contributed by atoms with Crippen LogP contribution < -0.4 is 0 Å². The van der Waals surface area contributed by atoms with Crippen molar-refractivity contribution in [2.45, 2.75) is 45.1 Å². The largest absolute Gasteiger partial charge is 0.389 e. The van der Waals surface area contributed by atoms with Crippen molar-refractivity contribution in [1.29, 1.82) is 0 Å². The molecule has 0 aromatic carbocycles. The van der Waals surface area contributed by atoms with Gasteiger partial charge in [0.25, 0.3) is 0 Å². The summed E-state index contributed by atoms with van der Waals surface area (Å²) in [6.45, 7) is 9.71. The van der Waals surface area contributed by atoms with Gasteiger partial charge in [0.05, 0.1) is 6.10 Å². The van der Waals surface area contributed by atoms with E-state index in [-0.39, 0.29) is 6.10 Å². The Morgan fingerprint density at radius 3 is 2.93 bits per heavy atom. The second-order valence-corrected chi connectivity index (χ2v) is 4.49. The standard InChI is InChI=1S/C14H22O/c1-4-5-6-7-12-8-9-13(11(2)3)10-14(12)15/h4,8,13-15H,1-2,5-7,9-10H2,3H3/t13-,14+/m1/s1. The van der Waals surface area contributed by atoms with Gasteiger partial charge in [-0.3, -0.25) is 0 Å². The lowest BCUT2D eigenvalue weighted by Crippen LogP contribution is -2.21. The Morgan fingerprint density at radius 1 is 1.67 bits per heavy atom. The Kier molecular flexibility index (Phi) is 4.83. The molecular formula is C14H22O. The summed E-state index contributed by atoms with van der Waals surface area (Å²) in [5.41, 5.74) is 2.41. The van der Waals surface area contributed by atoms with Crippen molar-refractivity contribution < 1.29 is 5.11 Å². The molecule has 1 rings (SSSR count). The van der Waals surface area contributed by atoms with Crippen LogP contribution in [0.1, 0.15) is 39.0 Å². The van der Waals surface area contributed by atoms with Gasteiger partial charge in [-0.05, 0) is 50.5 Å². The Morgan fingerprint density at radius 2 is 2.40 bits per heavy atom. The Labute approximate surface area is 93.2 Å². The van der Waals surface area contributed by atoms with Gasteiger partial charge in [-0.1, -0.05) is 24.3 Å². The Balaban J connectivity index is 2.46. The minimum absolute atomic E-state index is 0.245. The molecule has 0 amide bonds. The first-order valence-corrected chi connectivity index (χ1v) is 5.78. The van der Waals surface area contributed by atoms with Gasteiger partial charge in [0, 0.05) is 0 Å². The summed E-state index contributed by atoms with van der Waals surface area (Å²) in [5.74, 6) is 0.475. The first-order chi connectivity index (χ1) is 7.15. The molecule has 0 spiro atoms. The molecule has 1 heteroatoms. The quantitative estimate of drug-likeness (QED) is 0.538. The van der Waals surface area contributed by atoms with E-state index >= 15 is 0 Å². The summed E-state index contributed by atoms with van der Waals surface area (Å²) in [6, 6.07) is 0. The molecule has 1 aliphatic rings. The fourth-order valence-electron chi connectivity index (χ4n) is 2.07. The highest BCUT2D eigenvalue weighted by Gasteiger charge is 2.22. The predicted molar refractivity (Wildman–Crippen MR) is 65.7 cm³/mol. The van der Waals surface area contributed by atoms with Gasteiger partial charge in [0.2, 0.25) is 0 Å². The molecule has 0 aliphatic heterocycles. The lowest BCUT2D eigenvalue weighted by Gasteiger charge is -2.27. The number of hydrogen-bond donors (Lipinski definition) is 1. The number of aliphatic hydroxyl groups excluding tert-OH is 1. The van der Waals surface area contributed by atoms with Gasteiger partial charge in [-0.25, -0.2) is 0 Å². The summed E-state index contributed by atoms with van der Waals surface area (Å²) in [4.78, 5) is 0. The molecule has 1 N–H and O–H groups in total. The molecule has 1 nitrogen and oxygen atoms in total. The van der Waals surface area contributed by atoms with Crippen molar-refractivity contribution in [3.05, 3.63) is 36.5 Å². The molecule has 2 atom stereocenters. The lowest BCUT2D eigenvalue weighted by atomic mass is 9.82. The van der Waals surface area contributed by atoms with E-state index in [2.05, 4.69) is 19.2 Å². The molecule has 0 heterocycles. The van der Waals surface area contributed by atoms with Crippen molar-refractivity contribution >= 4 is 0 Å². The predicted octanol–water partition coefficient (Wildman–Crippen LogP) is 3.62. The van der Waals surface area contributed by atoms with Crippen LogP contribution in [-0.2, 0) is 0 Å². The van der Waals surface area contributed by atoms with Crippen LogP contribution in [0, 0.1) is 5.92 Å². The molecule has 0 aromatic heterocycles. The van der Waals surface area contributed by atoms with E-state index in [9.17, 15) is 5.11 Å². The lowest BCUT2D eigenvalue weighted by molar-refractivity contribution is 0.170. The van der Waals surface area contributed by atoms with Gasteiger partial charge >= 0.3 is 0 Å². The monoisotopic (exact) mass is 206 g/mol. The molecular weight excluding hydrogens is 184 g/mol. The third-order valence-corrected chi connectivity index (χ3v) is 3.17. The smallest absolute Gasteiger partial charge is 0.0755 e. The van der Waals surface area contributed by atoms with Crippen molar-refractivity contribution in [2.24, 2.45) is 5.92 Å². The van der Waals surface area contributed by atoms with Crippen molar-refractivity contribution in [1.82, 2.24) is 0 Å². The van der Waals surface area contributed by atoms with Gasteiger partial charge < -0.3 is 5.11 Å². The first kappa shape index (κ1) is 12.3. The van der Waals surface area contributed by atoms with Gasteiger partial charge in [0.1, 0.15) is 0 Å². The van der Waals surface area contributed by atoms with Gasteiger partial charge in [-0.15, -0.1) is 6.58 Å². The average molecular weight is 206 g/mol. The zero-order chi connectivity index (χ0) is 11.3.